The van der Waals surface area contributed by atoms with E-state index in [1.807, 2.05) is 4.90 Å². The zero-order valence-corrected chi connectivity index (χ0v) is 11.8. The summed E-state index contributed by atoms with van der Waals surface area (Å²) in [6, 6.07) is 4.49. The monoisotopic (exact) mass is 308 g/mol. The standard InChI is InChI=1S/C13H16ClF3N2O/c1-2-18-5-7-19(8-6-18)10-3-4-11(14)12(9-10)20-13(15,16)17/h3-4,9H,2,5-8H2,1H3. The summed E-state index contributed by atoms with van der Waals surface area (Å²) >= 11 is 5.74. The van der Waals surface area contributed by atoms with Crippen molar-refractivity contribution >= 4 is 17.3 Å². The highest BCUT2D eigenvalue weighted by molar-refractivity contribution is 6.32. The number of alkyl halides is 3. The number of nitrogens with zero attached hydrogens (tertiary/aromatic N) is 2. The normalized spacial score (nSPS) is 17.4. The predicted octanol–water partition coefficient (Wildman–Crippen LogP) is 3.38. The molecule has 0 aliphatic carbocycles. The summed E-state index contributed by atoms with van der Waals surface area (Å²) in [6.45, 7) is 6.43. The van der Waals surface area contributed by atoms with Crippen LogP contribution in [0, 0.1) is 0 Å². The summed E-state index contributed by atoms with van der Waals surface area (Å²) in [6.07, 6.45) is -4.73. The third-order valence-corrected chi connectivity index (χ3v) is 3.64. The minimum Gasteiger partial charge on any atom is -0.404 e. The number of likely N-dealkylation sites (N-methyl/N-ethyl adjacent to an activating group) is 1. The molecule has 1 aliphatic rings. The molecule has 0 amide bonds. The molecule has 112 valence electrons. The molecule has 0 saturated carbocycles. The van der Waals surface area contributed by atoms with Crippen LogP contribution in [0.3, 0.4) is 0 Å². The first-order valence-corrected chi connectivity index (χ1v) is 6.79. The Hall–Kier alpha value is -1.14. The molecule has 2 rings (SSSR count). The molecule has 0 spiro atoms. The Balaban J connectivity index is 2.11. The second-order valence-corrected chi connectivity index (χ2v) is 4.99. The molecule has 0 bridgehead atoms. The van der Waals surface area contributed by atoms with Crippen LogP contribution in [-0.4, -0.2) is 44.0 Å². The van der Waals surface area contributed by atoms with Crippen LogP contribution in [-0.2, 0) is 0 Å². The van der Waals surface area contributed by atoms with E-state index in [-0.39, 0.29) is 10.8 Å². The first kappa shape index (κ1) is 15.3. The fourth-order valence-electron chi connectivity index (χ4n) is 2.21. The number of hydrogen-bond acceptors (Lipinski definition) is 3. The molecule has 20 heavy (non-hydrogen) atoms. The van der Waals surface area contributed by atoms with Crippen molar-refractivity contribution in [1.29, 1.82) is 0 Å². The van der Waals surface area contributed by atoms with Crippen molar-refractivity contribution in [2.45, 2.75) is 13.3 Å². The molecular weight excluding hydrogens is 293 g/mol. The van der Waals surface area contributed by atoms with Crippen LogP contribution in [0.4, 0.5) is 18.9 Å². The Morgan fingerprint density at radius 1 is 1.20 bits per heavy atom. The second-order valence-electron chi connectivity index (χ2n) is 4.58. The van der Waals surface area contributed by atoms with Gasteiger partial charge in [-0.05, 0) is 18.7 Å². The van der Waals surface area contributed by atoms with Gasteiger partial charge in [-0.1, -0.05) is 18.5 Å². The van der Waals surface area contributed by atoms with E-state index >= 15 is 0 Å². The van der Waals surface area contributed by atoms with E-state index in [9.17, 15) is 13.2 Å². The smallest absolute Gasteiger partial charge is 0.404 e. The Morgan fingerprint density at radius 2 is 1.85 bits per heavy atom. The maximum Gasteiger partial charge on any atom is 0.573 e. The van der Waals surface area contributed by atoms with Gasteiger partial charge >= 0.3 is 6.36 Å². The van der Waals surface area contributed by atoms with Crippen molar-refractivity contribution in [2.24, 2.45) is 0 Å². The maximum absolute atomic E-state index is 12.3. The van der Waals surface area contributed by atoms with Crippen LogP contribution in [0.15, 0.2) is 18.2 Å². The van der Waals surface area contributed by atoms with Gasteiger partial charge in [-0.2, -0.15) is 0 Å². The van der Waals surface area contributed by atoms with E-state index in [4.69, 9.17) is 11.6 Å². The average Bonchev–Trinajstić information content (AvgIpc) is 2.40. The molecule has 0 atom stereocenters. The summed E-state index contributed by atoms with van der Waals surface area (Å²) in [5.74, 6) is -0.352. The molecule has 1 saturated heterocycles. The number of benzene rings is 1. The van der Waals surface area contributed by atoms with Crippen LogP contribution in [0.1, 0.15) is 6.92 Å². The highest BCUT2D eigenvalue weighted by atomic mass is 35.5. The number of rotatable bonds is 3. The van der Waals surface area contributed by atoms with Crippen molar-refractivity contribution in [3.63, 3.8) is 0 Å². The van der Waals surface area contributed by atoms with Crippen molar-refractivity contribution in [3.8, 4) is 5.75 Å². The van der Waals surface area contributed by atoms with Crippen molar-refractivity contribution < 1.29 is 17.9 Å². The second kappa shape index (κ2) is 6.10. The Labute approximate surface area is 120 Å². The van der Waals surface area contributed by atoms with Crippen molar-refractivity contribution in [1.82, 2.24) is 4.90 Å². The average molecular weight is 309 g/mol. The maximum atomic E-state index is 12.3. The van der Waals surface area contributed by atoms with Gasteiger partial charge in [0.2, 0.25) is 0 Å². The molecule has 7 heteroatoms. The largest absolute Gasteiger partial charge is 0.573 e. The highest BCUT2D eigenvalue weighted by Crippen LogP contribution is 2.33. The van der Waals surface area contributed by atoms with Gasteiger partial charge in [0.25, 0.3) is 0 Å². The Bertz CT molecular complexity index is 459. The molecule has 1 aromatic rings. The molecule has 0 unspecified atom stereocenters. The topological polar surface area (TPSA) is 15.7 Å². The zero-order chi connectivity index (χ0) is 14.8. The third kappa shape index (κ3) is 3.93. The van der Waals surface area contributed by atoms with Crippen LogP contribution >= 0.6 is 11.6 Å². The molecule has 0 N–H and O–H groups in total. The first-order valence-electron chi connectivity index (χ1n) is 6.41. The lowest BCUT2D eigenvalue weighted by atomic mass is 10.2. The number of halogens is 4. The van der Waals surface area contributed by atoms with Gasteiger partial charge < -0.3 is 14.5 Å². The molecule has 1 heterocycles. The van der Waals surface area contributed by atoms with Crippen molar-refractivity contribution in [3.05, 3.63) is 23.2 Å². The lowest BCUT2D eigenvalue weighted by molar-refractivity contribution is -0.274. The van der Waals surface area contributed by atoms with Gasteiger partial charge in [0, 0.05) is 37.9 Å². The van der Waals surface area contributed by atoms with Crippen molar-refractivity contribution in [2.75, 3.05) is 37.6 Å². The molecular formula is C13H16ClF3N2O. The van der Waals surface area contributed by atoms with E-state index in [0.29, 0.717) is 5.69 Å². The Morgan fingerprint density at radius 3 is 2.40 bits per heavy atom. The molecule has 1 aliphatic heterocycles. The molecule has 1 aromatic carbocycles. The third-order valence-electron chi connectivity index (χ3n) is 3.33. The van der Waals surface area contributed by atoms with Crippen LogP contribution in [0.25, 0.3) is 0 Å². The fraction of sp³-hybridized carbons (Fsp3) is 0.538. The molecule has 3 nitrogen and oxygen atoms in total. The summed E-state index contributed by atoms with van der Waals surface area (Å²) in [4.78, 5) is 4.32. The van der Waals surface area contributed by atoms with Crippen LogP contribution < -0.4 is 9.64 Å². The van der Waals surface area contributed by atoms with Gasteiger partial charge in [-0.15, -0.1) is 13.2 Å². The lowest BCUT2D eigenvalue weighted by Gasteiger charge is -2.35. The molecule has 1 fully saturated rings. The van der Waals surface area contributed by atoms with E-state index in [1.54, 1.807) is 6.07 Å². The van der Waals surface area contributed by atoms with Crippen LogP contribution in [0.2, 0.25) is 5.02 Å². The summed E-state index contributed by atoms with van der Waals surface area (Å²) in [5, 5.41) is -0.0433. The number of piperazine rings is 1. The molecule has 0 aromatic heterocycles. The predicted molar refractivity (Wildman–Crippen MR) is 72.5 cm³/mol. The highest BCUT2D eigenvalue weighted by Gasteiger charge is 2.32. The number of ether oxygens (including phenoxy) is 1. The van der Waals surface area contributed by atoms with Gasteiger partial charge in [-0.25, -0.2) is 0 Å². The SMILES string of the molecule is CCN1CCN(c2ccc(Cl)c(OC(F)(F)F)c2)CC1. The fourth-order valence-corrected chi connectivity index (χ4v) is 2.37. The van der Waals surface area contributed by atoms with E-state index in [2.05, 4.69) is 16.6 Å². The first-order chi connectivity index (χ1) is 9.39. The summed E-state index contributed by atoms with van der Waals surface area (Å²) in [7, 11) is 0. The van der Waals surface area contributed by atoms with Gasteiger partial charge in [0.05, 0.1) is 5.02 Å². The quantitative estimate of drug-likeness (QED) is 0.851. The van der Waals surface area contributed by atoms with Gasteiger partial charge in [0.15, 0.2) is 0 Å². The molecule has 0 radical (unpaired) electrons. The Kier molecular flexibility index (Phi) is 4.65. The zero-order valence-electron chi connectivity index (χ0n) is 11.1. The lowest BCUT2D eigenvalue weighted by Crippen LogP contribution is -2.46. The number of anilines is 1. The van der Waals surface area contributed by atoms with E-state index < -0.39 is 6.36 Å². The number of hydrogen-bond donors (Lipinski definition) is 0. The summed E-state index contributed by atoms with van der Waals surface area (Å²) < 4.78 is 40.8. The van der Waals surface area contributed by atoms with Crippen LogP contribution in [0.5, 0.6) is 5.75 Å². The van der Waals surface area contributed by atoms with Gasteiger partial charge in [-0.3, -0.25) is 0 Å². The minimum atomic E-state index is -4.73. The van der Waals surface area contributed by atoms with Gasteiger partial charge in [0.1, 0.15) is 5.75 Å². The summed E-state index contributed by atoms with van der Waals surface area (Å²) in [5.41, 5.74) is 0.699. The minimum absolute atomic E-state index is 0.0433. The van der Waals surface area contributed by atoms with E-state index in [0.717, 1.165) is 32.7 Å². The van der Waals surface area contributed by atoms with E-state index in [1.165, 1.54) is 12.1 Å².